The van der Waals surface area contributed by atoms with Crippen molar-refractivity contribution in [3.8, 4) is 11.5 Å². The molecular formula is C24H30N2O6. The molecule has 172 valence electrons. The summed E-state index contributed by atoms with van der Waals surface area (Å²) in [6.45, 7) is 2.68. The van der Waals surface area contributed by atoms with Crippen molar-refractivity contribution in [3.05, 3.63) is 48.5 Å². The van der Waals surface area contributed by atoms with Crippen LogP contribution in [-0.2, 0) is 19.1 Å². The molecule has 2 N–H and O–H groups in total. The molecule has 2 aromatic carbocycles. The first-order valence-corrected chi connectivity index (χ1v) is 10.7. The van der Waals surface area contributed by atoms with E-state index < -0.39 is 6.10 Å². The normalized spacial score (nSPS) is 16.6. The summed E-state index contributed by atoms with van der Waals surface area (Å²) in [7, 11) is 1.54. The third-order valence-electron chi connectivity index (χ3n) is 5.02. The maximum Gasteiger partial charge on any atom is 0.262 e. The fraction of sp³-hybridized carbons (Fsp3) is 0.417. The molecule has 2 atom stereocenters. The van der Waals surface area contributed by atoms with Crippen LogP contribution in [0.1, 0.15) is 26.2 Å². The smallest absolute Gasteiger partial charge is 0.262 e. The number of para-hydroxylation sites is 2. The average molecular weight is 443 g/mol. The number of methoxy groups -OCH3 is 1. The van der Waals surface area contributed by atoms with Crippen LogP contribution in [0.4, 0.5) is 11.4 Å². The van der Waals surface area contributed by atoms with Gasteiger partial charge in [-0.2, -0.15) is 0 Å². The Hall–Kier alpha value is -3.10. The lowest BCUT2D eigenvalue weighted by atomic mass is 10.1. The van der Waals surface area contributed by atoms with Crippen LogP contribution >= 0.6 is 0 Å². The largest absolute Gasteiger partial charge is 0.493 e. The lowest BCUT2D eigenvalue weighted by molar-refractivity contribution is -0.130. The number of hydrogen-bond acceptors (Lipinski definition) is 6. The highest BCUT2D eigenvalue weighted by Crippen LogP contribution is 2.25. The number of ether oxygens (including phenoxy) is 4. The molecule has 0 bridgehead atoms. The Morgan fingerprint density at radius 3 is 2.53 bits per heavy atom. The van der Waals surface area contributed by atoms with Gasteiger partial charge in [0.25, 0.3) is 11.8 Å². The highest BCUT2D eigenvalue weighted by molar-refractivity contribution is 5.96. The maximum atomic E-state index is 12.4. The van der Waals surface area contributed by atoms with E-state index in [9.17, 15) is 9.59 Å². The zero-order valence-electron chi connectivity index (χ0n) is 18.5. The molecule has 2 aromatic rings. The van der Waals surface area contributed by atoms with Crippen molar-refractivity contribution in [2.45, 2.75) is 38.4 Å². The third-order valence-corrected chi connectivity index (χ3v) is 5.02. The van der Waals surface area contributed by atoms with E-state index in [4.69, 9.17) is 18.9 Å². The molecule has 0 radical (unpaired) electrons. The number of amides is 2. The van der Waals surface area contributed by atoms with Gasteiger partial charge in [-0.05, 0) is 56.5 Å². The van der Waals surface area contributed by atoms with E-state index in [1.54, 1.807) is 49.4 Å². The Kier molecular flexibility index (Phi) is 8.89. The summed E-state index contributed by atoms with van der Waals surface area (Å²) in [6, 6.07) is 14.0. The van der Waals surface area contributed by atoms with E-state index in [1.807, 2.05) is 6.07 Å². The molecule has 0 spiro atoms. The molecule has 0 aromatic heterocycles. The minimum Gasteiger partial charge on any atom is -0.493 e. The summed E-state index contributed by atoms with van der Waals surface area (Å²) in [6.07, 6.45) is 2.59. The summed E-state index contributed by atoms with van der Waals surface area (Å²) in [5, 5.41) is 5.57. The zero-order chi connectivity index (χ0) is 22.8. The lowest BCUT2D eigenvalue weighted by Gasteiger charge is -2.24. The van der Waals surface area contributed by atoms with Crippen molar-refractivity contribution in [1.29, 1.82) is 0 Å². The lowest BCUT2D eigenvalue weighted by Crippen LogP contribution is -2.32. The highest BCUT2D eigenvalue weighted by Gasteiger charge is 2.19. The predicted molar refractivity (Wildman–Crippen MR) is 121 cm³/mol. The van der Waals surface area contributed by atoms with Gasteiger partial charge < -0.3 is 29.6 Å². The van der Waals surface area contributed by atoms with Crippen LogP contribution in [0.3, 0.4) is 0 Å². The molecule has 8 heteroatoms. The fourth-order valence-corrected chi connectivity index (χ4v) is 3.26. The molecule has 32 heavy (non-hydrogen) atoms. The van der Waals surface area contributed by atoms with Gasteiger partial charge in [-0.15, -0.1) is 0 Å². The summed E-state index contributed by atoms with van der Waals surface area (Å²) in [5.74, 6) is 0.447. The van der Waals surface area contributed by atoms with Crippen LogP contribution in [0.15, 0.2) is 48.5 Å². The van der Waals surface area contributed by atoms with Gasteiger partial charge in [-0.25, -0.2) is 0 Å². The van der Waals surface area contributed by atoms with Gasteiger partial charge in [0, 0.05) is 18.0 Å². The Morgan fingerprint density at radius 1 is 1.06 bits per heavy atom. The molecule has 1 fully saturated rings. The first-order chi connectivity index (χ1) is 15.5. The van der Waals surface area contributed by atoms with Gasteiger partial charge in [0.2, 0.25) is 0 Å². The quantitative estimate of drug-likeness (QED) is 0.584. The van der Waals surface area contributed by atoms with E-state index in [0.29, 0.717) is 29.5 Å². The molecule has 1 heterocycles. The number of nitrogens with one attached hydrogen (secondary N) is 2. The Morgan fingerprint density at radius 2 is 1.81 bits per heavy atom. The van der Waals surface area contributed by atoms with Gasteiger partial charge >= 0.3 is 0 Å². The van der Waals surface area contributed by atoms with Crippen molar-refractivity contribution >= 4 is 23.2 Å². The predicted octanol–water partition coefficient (Wildman–Crippen LogP) is 3.63. The van der Waals surface area contributed by atoms with E-state index in [-0.39, 0.29) is 24.5 Å². The highest BCUT2D eigenvalue weighted by atomic mass is 16.5. The average Bonchev–Trinajstić information content (AvgIpc) is 2.82. The van der Waals surface area contributed by atoms with Crippen molar-refractivity contribution in [2.75, 3.05) is 37.6 Å². The summed E-state index contributed by atoms with van der Waals surface area (Å²) in [5.41, 5.74) is 1.10. The second kappa shape index (κ2) is 12.1. The SMILES string of the molecule is COc1ccccc1OCC(=O)Nc1cccc(NC(=O)C(C)OCC2CCCCO2)c1. The van der Waals surface area contributed by atoms with Gasteiger partial charge in [-0.1, -0.05) is 18.2 Å². The van der Waals surface area contributed by atoms with E-state index in [2.05, 4.69) is 10.6 Å². The Bertz CT molecular complexity index is 898. The standard InChI is InChI=1S/C24H30N2O6/c1-17(31-15-20-10-5-6-13-30-20)24(28)26-19-9-7-8-18(14-19)25-23(27)16-32-22-12-4-3-11-21(22)29-2/h3-4,7-9,11-12,14,17,20H,5-6,10,13,15-16H2,1-2H3,(H,25,27)(H,26,28). The number of anilines is 2. The van der Waals surface area contributed by atoms with Gasteiger partial charge in [0.15, 0.2) is 18.1 Å². The molecule has 1 aliphatic rings. The van der Waals surface area contributed by atoms with Crippen molar-refractivity contribution in [3.63, 3.8) is 0 Å². The molecule has 1 aliphatic heterocycles. The summed E-state index contributed by atoms with van der Waals surface area (Å²) < 4.78 is 22.0. The van der Waals surface area contributed by atoms with Crippen molar-refractivity contribution < 1.29 is 28.5 Å². The van der Waals surface area contributed by atoms with Crippen LogP contribution < -0.4 is 20.1 Å². The molecule has 8 nitrogen and oxygen atoms in total. The maximum absolute atomic E-state index is 12.4. The first kappa shape index (κ1) is 23.6. The molecule has 1 saturated heterocycles. The first-order valence-electron chi connectivity index (χ1n) is 10.7. The van der Waals surface area contributed by atoms with Gasteiger partial charge in [-0.3, -0.25) is 9.59 Å². The molecule has 0 saturated carbocycles. The molecule has 2 unspecified atom stereocenters. The monoisotopic (exact) mass is 442 g/mol. The third kappa shape index (κ3) is 7.25. The summed E-state index contributed by atoms with van der Waals surface area (Å²) in [4.78, 5) is 24.7. The van der Waals surface area contributed by atoms with Gasteiger partial charge in [0.1, 0.15) is 6.10 Å². The van der Waals surface area contributed by atoms with Crippen LogP contribution in [0.25, 0.3) is 0 Å². The number of benzene rings is 2. The van der Waals surface area contributed by atoms with Crippen molar-refractivity contribution in [1.82, 2.24) is 0 Å². The zero-order valence-corrected chi connectivity index (χ0v) is 18.5. The van der Waals surface area contributed by atoms with E-state index >= 15 is 0 Å². The van der Waals surface area contributed by atoms with E-state index in [1.165, 1.54) is 7.11 Å². The molecule has 2 amide bonds. The minimum absolute atomic E-state index is 0.0515. The Labute approximate surface area is 188 Å². The fourth-order valence-electron chi connectivity index (χ4n) is 3.26. The molecule has 3 rings (SSSR count). The number of carbonyl (C=O) groups is 2. The van der Waals surface area contributed by atoms with Gasteiger partial charge in [0.05, 0.1) is 19.8 Å². The van der Waals surface area contributed by atoms with E-state index in [0.717, 1.165) is 25.9 Å². The second-order valence-electron chi connectivity index (χ2n) is 7.52. The van der Waals surface area contributed by atoms with Crippen LogP contribution in [-0.4, -0.2) is 51.0 Å². The second-order valence-corrected chi connectivity index (χ2v) is 7.52. The Balaban J connectivity index is 1.46. The summed E-state index contributed by atoms with van der Waals surface area (Å²) >= 11 is 0. The topological polar surface area (TPSA) is 95.1 Å². The van der Waals surface area contributed by atoms with Crippen LogP contribution in [0, 0.1) is 0 Å². The van der Waals surface area contributed by atoms with Crippen molar-refractivity contribution in [2.24, 2.45) is 0 Å². The molecular weight excluding hydrogens is 412 g/mol. The van der Waals surface area contributed by atoms with Crippen LogP contribution in [0.2, 0.25) is 0 Å². The van der Waals surface area contributed by atoms with Crippen LogP contribution in [0.5, 0.6) is 11.5 Å². The number of rotatable bonds is 10. The number of hydrogen-bond donors (Lipinski definition) is 2. The minimum atomic E-state index is -0.618. The molecule has 0 aliphatic carbocycles. The number of carbonyl (C=O) groups excluding carboxylic acids is 2.